The predicted octanol–water partition coefficient (Wildman–Crippen LogP) is 5.28. The maximum absolute atomic E-state index is 10.6. The van der Waals surface area contributed by atoms with Gasteiger partial charge in [-0.05, 0) is 74.2 Å². The first-order valence-electron chi connectivity index (χ1n) is 10.7. The van der Waals surface area contributed by atoms with Crippen LogP contribution >= 0.6 is 0 Å². The summed E-state index contributed by atoms with van der Waals surface area (Å²) in [6.07, 6.45) is 4.26. The number of carbonyl (C=O) groups is 1. The molecule has 3 fully saturated rings. The molecule has 2 aliphatic heterocycles. The quantitative estimate of drug-likeness (QED) is 0.741. The molecule has 5 heteroatoms. The van der Waals surface area contributed by atoms with Crippen LogP contribution in [-0.2, 0) is 0 Å². The average molecular weight is 388 g/mol. The first-order chi connectivity index (χ1) is 13.1. The second kappa shape index (κ2) is 7.94. The van der Waals surface area contributed by atoms with Crippen molar-refractivity contribution in [2.24, 2.45) is 10.8 Å². The summed E-state index contributed by atoms with van der Waals surface area (Å²) in [4.78, 5) is 15.7. The molecule has 1 aliphatic carbocycles. The minimum Gasteiger partial charge on any atom is -0.465 e. The molecule has 2 N–H and O–H groups in total. The minimum absolute atomic E-state index is 0.621. The number of nitrogens with one attached hydrogen (secondary N) is 1. The molecule has 5 nitrogen and oxygen atoms in total. The van der Waals surface area contributed by atoms with Crippen molar-refractivity contribution in [3.63, 3.8) is 0 Å². The van der Waals surface area contributed by atoms with E-state index in [0.717, 1.165) is 19.1 Å². The largest absolute Gasteiger partial charge is 0.465 e. The minimum atomic E-state index is -1.02. The number of anilines is 2. The maximum Gasteiger partial charge on any atom is 0.409 e. The van der Waals surface area contributed by atoms with Crippen LogP contribution in [0.5, 0.6) is 0 Å². The van der Waals surface area contributed by atoms with Crippen molar-refractivity contribution in [2.45, 2.75) is 72.4 Å². The number of nitrogens with zero attached hydrogens (tertiary/aromatic N) is 2. The Labute approximate surface area is 170 Å². The summed E-state index contributed by atoms with van der Waals surface area (Å²) in [5.74, 6) is 0. The molecular weight excluding hydrogens is 350 g/mol. The normalized spacial score (nSPS) is 27.8. The number of hydrogen-bond donors (Lipinski definition) is 2. The summed E-state index contributed by atoms with van der Waals surface area (Å²) >= 11 is 0. The van der Waals surface area contributed by atoms with Gasteiger partial charge >= 0.3 is 6.09 Å². The van der Waals surface area contributed by atoms with Gasteiger partial charge in [0.05, 0.1) is 0 Å². The number of rotatable bonds is 3. The van der Waals surface area contributed by atoms with E-state index in [4.69, 9.17) is 5.11 Å². The molecule has 2 saturated heterocycles. The summed E-state index contributed by atoms with van der Waals surface area (Å²) < 4.78 is 0. The van der Waals surface area contributed by atoms with Gasteiger partial charge in [0.25, 0.3) is 0 Å². The maximum atomic E-state index is 10.6. The Balaban J connectivity index is 0.000000271. The third-order valence-electron chi connectivity index (χ3n) is 7.31. The average Bonchev–Trinajstić information content (AvgIpc) is 3.03. The number of likely N-dealkylation sites (tertiary alicyclic amines) is 1. The molecule has 0 radical (unpaired) electrons. The lowest BCUT2D eigenvalue weighted by atomic mass is 10.0. The lowest BCUT2D eigenvalue weighted by Crippen LogP contribution is -2.39. The van der Waals surface area contributed by atoms with Crippen molar-refractivity contribution in [3.8, 4) is 0 Å². The van der Waals surface area contributed by atoms with E-state index in [9.17, 15) is 4.79 Å². The third-order valence-corrected chi connectivity index (χ3v) is 7.31. The number of amides is 1. The first-order valence-corrected chi connectivity index (χ1v) is 10.7. The van der Waals surface area contributed by atoms with E-state index in [0.29, 0.717) is 22.6 Å². The topological polar surface area (TPSA) is 55.8 Å². The monoisotopic (exact) mass is 387 g/mol. The predicted molar refractivity (Wildman–Crippen MR) is 116 cm³/mol. The van der Waals surface area contributed by atoms with Gasteiger partial charge in [0, 0.05) is 36.5 Å². The molecule has 2 heterocycles. The Kier molecular flexibility index (Phi) is 5.95. The van der Waals surface area contributed by atoms with Crippen molar-refractivity contribution in [1.29, 1.82) is 0 Å². The highest BCUT2D eigenvalue weighted by Gasteiger charge is 2.53. The van der Waals surface area contributed by atoms with Gasteiger partial charge in [-0.25, -0.2) is 4.79 Å². The lowest BCUT2D eigenvalue weighted by Gasteiger charge is -2.28. The molecule has 0 bridgehead atoms. The van der Waals surface area contributed by atoms with E-state index in [1.165, 1.54) is 37.9 Å². The van der Waals surface area contributed by atoms with Gasteiger partial charge in [-0.2, -0.15) is 0 Å². The molecule has 1 aromatic carbocycles. The van der Waals surface area contributed by atoms with Crippen molar-refractivity contribution >= 4 is 17.5 Å². The van der Waals surface area contributed by atoms with Crippen LogP contribution < -0.4 is 10.2 Å². The van der Waals surface area contributed by atoms with Crippen LogP contribution in [0.2, 0.25) is 0 Å². The highest BCUT2D eigenvalue weighted by Crippen LogP contribution is 2.62. The number of carboxylic acid groups (broad SMARTS) is 1. The smallest absolute Gasteiger partial charge is 0.409 e. The van der Waals surface area contributed by atoms with Crippen LogP contribution in [0.25, 0.3) is 0 Å². The molecule has 4 rings (SSSR count). The van der Waals surface area contributed by atoms with Crippen LogP contribution in [-0.4, -0.2) is 47.8 Å². The van der Waals surface area contributed by atoms with Crippen LogP contribution in [0.4, 0.5) is 16.2 Å². The SMILES string of the molecule is CC1(C)CC1(C)C.CC1CCCN1C1CCN(c2ccc(NC(=O)O)cc2)C1. The van der Waals surface area contributed by atoms with Gasteiger partial charge in [0.15, 0.2) is 0 Å². The summed E-state index contributed by atoms with van der Waals surface area (Å²) in [6.45, 7) is 15.0. The highest BCUT2D eigenvalue weighted by molar-refractivity contribution is 5.83. The summed E-state index contributed by atoms with van der Waals surface area (Å²) in [7, 11) is 0. The van der Waals surface area contributed by atoms with Gasteiger partial charge in [0.2, 0.25) is 0 Å². The fourth-order valence-electron chi connectivity index (χ4n) is 4.68. The standard InChI is InChI=1S/C16H23N3O2.C7H14/c1-12-3-2-9-19(12)15-8-10-18(11-15)14-6-4-13(5-7-14)17-16(20)21;1-6(2)5-7(6,3)4/h4-7,12,15,17H,2-3,8-11H2,1H3,(H,20,21);5H2,1-4H3. The van der Waals surface area contributed by atoms with E-state index in [2.05, 4.69) is 49.7 Å². The van der Waals surface area contributed by atoms with Crippen LogP contribution in [0, 0.1) is 10.8 Å². The molecule has 2 atom stereocenters. The van der Waals surface area contributed by atoms with E-state index in [1.807, 2.05) is 24.3 Å². The van der Waals surface area contributed by atoms with E-state index < -0.39 is 6.09 Å². The zero-order chi connectivity index (χ0) is 20.5. The Morgan fingerprint density at radius 3 is 2.14 bits per heavy atom. The van der Waals surface area contributed by atoms with Crippen molar-refractivity contribution in [1.82, 2.24) is 4.90 Å². The molecule has 3 aliphatic rings. The van der Waals surface area contributed by atoms with Crippen LogP contribution in [0.15, 0.2) is 24.3 Å². The Morgan fingerprint density at radius 1 is 1.07 bits per heavy atom. The molecule has 156 valence electrons. The Bertz CT molecular complexity index is 672. The van der Waals surface area contributed by atoms with Gasteiger partial charge < -0.3 is 10.0 Å². The molecule has 1 amide bonds. The second-order valence-electron chi connectivity index (χ2n) is 10.0. The zero-order valence-corrected chi connectivity index (χ0v) is 18.2. The van der Waals surface area contributed by atoms with Gasteiger partial charge in [-0.3, -0.25) is 10.2 Å². The fourth-order valence-corrected chi connectivity index (χ4v) is 4.68. The van der Waals surface area contributed by atoms with E-state index in [-0.39, 0.29) is 0 Å². The van der Waals surface area contributed by atoms with Crippen molar-refractivity contribution in [2.75, 3.05) is 29.9 Å². The molecule has 1 aromatic rings. The van der Waals surface area contributed by atoms with Crippen molar-refractivity contribution < 1.29 is 9.90 Å². The molecule has 0 aromatic heterocycles. The van der Waals surface area contributed by atoms with Gasteiger partial charge in [-0.1, -0.05) is 27.7 Å². The molecule has 0 spiro atoms. The molecule has 1 saturated carbocycles. The Morgan fingerprint density at radius 2 is 1.68 bits per heavy atom. The van der Waals surface area contributed by atoms with Crippen molar-refractivity contribution in [3.05, 3.63) is 24.3 Å². The second-order valence-corrected chi connectivity index (χ2v) is 10.0. The fraction of sp³-hybridized carbons (Fsp3) is 0.696. The highest BCUT2D eigenvalue weighted by atomic mass is 16.4. The number of benzene rings is 1. The van der Waals surface area contributed by atoms with Gasteiger partial charge in [0.1, 0.15) is 0 Å². The third kappa shape index (κ3) is 4.80. The number of hydrogen-bond acceptors (Lipinski definition) is 3. The molecular formula is C23H37N3O2. The summed E-state index contributed by atoms with van der Waals surface area (Å²) in [5, 5.41) is 11.1. The summed E-state index contributed by atoms with van der Waals surface area (Å²) in [5.41, 5.74) is 3.09. The zero-order valence-electron chi connectivity index (χ0n) is 18.2. The van der Waals surface area contributed by atoms with Crippen LogP contribution in [0.1, 0.15) is 60.3 Å². The van der Waals surface area contributed by atoms with E-state index >= 15 is 0 Å². The van der Waals surface area contributed by atoms with E-state index in [1.54, 1.807) is 0 Å². The molecule has 2 unspecified atom stereocenters. The molecule has 28 heavy (non-hydrogen) atoms. The van der Waals surface area contributed by atoms with Gasteiger partial charge in [-0.15, -0.1) is 0 Å². The van der Waals surface area contributed by atoms with Crippen LogP contribution in [0.3, 0.4) is 0 Å². The Hall–Kier alpha value is -1.75. The summed E-state index contributed by atoms with van der Waals surface area (Å²) in [6, 6.07) is 9.04. The lowest BCUT2D eigenvalue weighted by molar-refractivity contribution is 0.204. The first kappa shape index (κ1) is 21.0.